The fraction of sp³-hybridized carbons (Fsp3) is 0.160. The third kappa shape index (κ3) is 5.06. The maximum atomic E-state index is 13.4. The number of aromatic hydroxyl groups is 1. The summed E-state index contributed by atoms with van der Waals surface area (Å²) in [5.41, 5.74) is 2.76. The third-order valence-corrected chi connectivity index (χ3v) is 7.74. The molecule has 10 heteroatoms. The van der Waals surface area contributed by atoms with E-state index in [1.54, 1.807) is 37.3 Å². The minimum absolute atomic E-state index is 0.0165. The number of sulfonamides is 1. The molecule has 0 aliphatic rings. The van der Waals surface area contributed by atoms with E-state index in [0.29, 0.717) is 15.9 Å². The Morgan fingerprint density at radius 3 is 2.51 bits per heavy atom. The molecule has 4 aromatic rings. The Balaban J connectivity index is 1.69. The molecule has 0 fully saturated rings. The zero-order valence-electron chi connectivity index (χ0n) is 19.1. The molecule has 0 spiro atoms. The average molecular weight is 511 g/mol. The van der Waals surface area contributed by atoms with E-state index >= 15 is 0 Å². The summed E-state index contributed by atoms with van der Waals surface area (Å²) in [4.78, 5) is 15.6. The van der Waals surface area contributed by atoms with E-state index in [2.05, 4.69) is 15.2 Å². The van der Waals surface area contributed by atoms with Crippen molar-refractivity contribution in [2.75, 3.05) is 10.8 Å². The predicted molar refractivity (Wildman–Crippen MR) is 136 cm³/mol. The number of nitrogens with one attached hydrogen (secondary N) is 1. The zero-order valence-corrected chi connectivity index (χ0v) is 20.6. The fourth-order valence-corrected chi connectivity index (χ4v) is 5.17. The summed E-state index contributed by atoms with van der Waals surface area (Å²) in [6, 6.07) is 18.1. The van der Waals surface area contributed by atoms with Crippen molar-refractivity contribution >= 4 is 49.8 Å². The van der Waals surface area contributed by atoms with E-state index in [-0.39, 0.29) is 22.2 Å². The molecule has 0 saturated heterocycles. The largest absolute Gasteiger partial charge is 0.493 e. The standard InChI is InChI=1S/C25H23ClN4O4S/c1-3-17-10-12-22-20(13-17)24(25(32)27-22)29-28-23(31)15-30(18-11-9-16(2)21(26)14-18)35(33,34)19-7-5-4-6-8-19/h4-14,27,32H,3,15H2,1-2H3. The van der Waals surface area contributed by atoms with E-state index in [9.17, 15) is 18.3 Å². The summed E-state index contributed by atoms with van der Waals surface area (Å²) < 4.78 is 27.8. The summed E-state index contributed by atoms with van der Waals surface area (Å²) >= 11 is 6.24. The van der Waals surface area contributed by atoms with Crippen molar-refractivity contribution in [1.29, 1.82) is 0 Å². The van der Waals surface area contributed by atoms with Gasteiger partial charge in [0, 0.05) is 10.4 Å². The number of carbonyl (C=O) groups excluding carboxylic acids is 1. The molecule has 2 N–H and O–H groups in total. The van der Waals surface area contributed by atoms with Gasteiger partial charge in [0.1, 0.15) is 6.54 Å². The second-order valence-corrected chi connectivity index (χ2v) is 10.2. The van der Waals surface area contributed by atoms with Gasteiger partial charge < -0.3 is 10.1 Å². The first kappa shape index (κ1) is 24.4. The smallest absolute Gasteiger partial charge is 0.285 e. The van der Waals surface area contributed by atoms with Gasteiger partial charge in [0.25, 0.3) is 15.9 Å². The highest BCUT2D eigenvalue weighted by Gasteiger charge is 2.27. The number of benzene rings is 3. The molecule has 0 bridgehead atoms. The minimum Gasteiger partial charge on any atom is -0.493 e. The number of nitrogens with zero attached hydrogens (tertiary/aromatic N) is 3. The quantitative estimate of drug-likeness (QED) is 0.301. The molecule has 1 amide bonds. The average Bonchev–Trinajstić information content (AvgIpc) is 3.17. The topological polar surface area (TPSA) is 115 Å². The van der Waals surface area contributed by atoms with Gasteiger partial charge in [0.05, 0.1) is 16.1 Å². The molecule has 1 aromatic heterocycles. The van der Waals surface area contributed by atoms with Gasteiger partial charge in [0.15, 0.2) is 5.69 Å². The van der Waals surface area contributed by atoms with E-state index < -0.39 is 22.5 Å². The lowest BCUT2D eigenvalue weighted by atomic mass is 10.1. The highest BCUT2D eigenvalue weighted by Crippen LogP contribution is 2.36. The van der Waals surface area contributed by atoms with E-state index in [1.165, 1.54) is 18.2 Å². The summed E-state index contributed by atoms with van der Waals surface area (Å²) in [6.07, 6.45) is 0.781. The van der Waals surface area contributed by atoms with Gasteiger partial charge in [-0.25, -0.2) is 8.42 Å². The normalized spacial score (nSPS) is 11.9. The van der Waals surface area contributed by atoms with Crippen LogP contribution in [0.25, 0.3) is 10.9 Å². The summed E-state index contributed by atoms with van der Waals surface area (Å²) in [5, 5.41) is 18.9. The molecule has 8 nitrogen and oxygen atoms in total. The number of carbonyl (C=O) groups is 1. The van der Waals surface area contributed by atoms with Gasteiger partial charge in [-0.1, -0.05) is 48.9 Å². The lowest BCUT2D eigenvalue weighted by Gasteiger charge is -2.23. The number of aryl methyl sites for hydroxylation is 2. The third-order valence-electron chi connectivity index (χ3n) is 5.54. The predicted octanol–water partition coefficient (Wildman–Crippen LogP) is 5.90. The summed E-state index contributed by atoms with van der Waals surface area (Å²) in [7, 11) is -4.11. The maximum absolute atomic E-state index is 13.4. The second kappa shape index (κ2) is 9.89. The van der Waals surface area contributed by atoms with E-state index in [1.807, 2.05) is 25.1 Å². The first-order chi connectivity index (χ1) is 16.7. The Morgan fingerprint density at radius 2 is 1.83 bits per heavy atom. The van der Waals surface area contributed by atoms with Gasteiger partial charge in [0.2, 0.25) is 5.88 Å². The van der Waals surface area contributed by atoms with Crippen LogP contribution in [0.15, 0.2) is 81.9 Å². The van der Waals surface area contributed by atoms with Crippen molar-refractivity contribution in [2.24, 2.45) is 10.2 Å². The molecule has 0 unspecified atom stereocenters. The van der Waals surface area contributed by atoms with Crippen LogP contribution in [-0.2, 0) is 21.2 Å². The number of halogens is 1. The molecular formula is C25H23ClN4O4S. The van der Waals surface area contributed by atoms with Crippen molar-refractivity contribution in [3.8, 4) is 5.88 Å². The maximum Gasteiger partial charge on any atom is 0.285 e. The summed E-state index contributed by atoms with van der Waals surface area (Å²) in [6.45, 7) is 3.18. The minimum atomic E-state index is -4.11. The number of azo groups is 1. The summed E-state index contributed by atoms with van der Waals surface area (Å²) in [5.74, 6) is -1.05. The zero-order chi connectivity index (χ0) is 25.2. The SMILES string of the molecule is CCc1ccc2[nH]c(O)c(N=NC(=O)CN(c3ccc(C)c(Cl)c3)S(=O)(=O)c3ccccc3)c2c1. The van der Waals surface area contributed by atoms with Gasteiger partial charge in [-0.2, -0.15) is 0 Å². The lowest BCUT2D eigenvalue weighted by molar-refractivity contribution is -0.116. The number of rotatable bonds is 7. The number of H-pyrrole nitrogens is 1. The Labute approximate surface area is 207 Å². The Morgan fingerprint density at radius 1 is 1.09 bits per heavy atom. The Hall–Kier alpha value is -3.69. The molecule has 0 saturated carbocycles. The number of aromatic nitrogens is 1. The molecule has 0 aliphatic heterocycles. The van der Waals surface area contributed by atoms with E-state index in [4.69, 9.17) is 11.6 Å². The van der Waals surface area contributed by atoms with Gasteiger partial charge >= 0.3 is 0 Å². The Bertz CT molecular complexity index is 1530. The van der Waals surface area contributed by atoms with Crippen LogP contribution in [0.5, 0.6) is 5.88 Å². The fourth-order valence-electron chi connectivity index (χ4n) is 3.56. The molecule has 180 valence electrons. The number of hydrogen-bond donors (Lipinski definition) is 2. The molecule has 0 atom stereocenters. The Kier molecular flexibility index (Phi) is 6.90. The number of hydrogen-bond acceptors (Lipinski definition) is 5. The molecule has 35 heavy (non-hydrogen) atoms. The van der Waals surface area contributed by atoms with Gasteiger partial charge in [-0.05, 0) is 60.9 Å². The van der Waals surface area contributed by atoms with Crippen molar-refractivity contribution in [3.63, 3.8) is 0 Å². The van der Waals surface area contributed by atoms with Crippen LogP contribution >= 0.6 is 11.6 Å². The lowest BCUT2D eigenvalue weighted by Crippen LogP contribution is -2.35. The van der Waals surface area contributed by atoms with Crippen LogP contribution in [0, 0.1) is 6.92 Å². The van der Waals surface area contributed by atoms with Gasteiger partial charge in [-0.3, -0.25) is 9.10 Å². The molecule has 0 radical (unpaired) electrons. The number of aromatic amines is 1. The van der Waals surface area contributed by atoms with Crippen molar-refractivity contribution in [1.82, 2.24) is 4.98 Å². The number of fused-ring (bicyclic) bond motifs is 1. The first-order valence-corrected chi connectivity index (χ1v) is 12.6. The van der Waals surface area contributed by atoms with E-state index in [0.717, 1.165) is 21.9 Å². The highest BCUT2D eigenvalue weighted by atomic mass is 35.5. The van der Waals surface area contributed by atoms with Crippen molar-refractivity contribution in [2.45, 2.75) is 25.2 Å². The van der Waals surface area contributed by atoms with Crippen molar-refractivity contribution in [3.05, 3.63) is 82.9 Å². The molecule has 3 aromatic carbocycles. The molecular weight excluding hydrogens is 488 g/mol. The number of amides is 1. The van der Waals surface area contributed by atoms with Crippen LogP contribution in [0.2, 0.25) is 5.02 Å². The molecule has 0 aliphatic carbocycles. The van der Waals surface area contributed by atoms with Gasteiger partial charge in [-0.15, -0.1) is 10.2 Å². The van der Waals surface area contributed by atoms with Crippen molar-refractivity contribution < 1.29 is 18.3 Å². The van der Waals surface area contributed by atoms with Crippen LogP contribution < -0.4 is 4.31 Å². The van der Waals surface area contributed by atoms with Crippen LogP contribution in [0.3, 0.4) is 0 Å². The molecule has 1 heterocycles. The van der Waals surface area contributed by atoms with Crippen LogP contribution in [0.4, 0.5) is 11.4 Å². The molecule has 4 rings (SSSR count). The van der Waals surface area contributed by atoms with Crippen LogP contribution in [-0.4, -0.2) is 31.0 Å². The monoisotopic (exact) mass is 510 g/mol. The first-order valence-electron chi connectivity index (χ1n) is 10.8. The number of anilines is 1. The highest BCUT2D eigenvalue weighted by molar-refractivity contribution is 7.92. The second-order valence-electron chi connectivity index (χ2n) is 7.91. The van der Waals surface area contributed by atoms with Crippen LogP contribution in [0.1, 0.15) is 18.1 Å².